The maximum absolute atomic E-state index is 5.59. The summed E-state index contributed by atoms with van der Waals surface area (Å²) >= 11 is 0. The van der Waals surface area contributed by atoms with Crippen molar-refractivity contribution in [3.8, 4) is 5.75 Å². The molecular weight excluding hydrogens is 202 g/mol. The largest absolute Gasteiger partial charge is 0.491 e. The van der Waals surface area contributed by atoms with Crippen molar-refractivity contribution in [1.29, 1.82) is 0 Å². The maximum Gasteiger partial charge on any atom is 0.124 e. The second-order valence-electron chi connectivity index (χ2n) is 4.28. The van der Waals surface area contributed by atoms with Crippen LogP contribution in [0.2, 0.25) is 0 Å². The summed E-state index contributed by atoms with van der Waals surface area (Å²) in [5.74, 6) is 1.00. The number of hydrogen-bond acceptors (Lipinski definition) is 3. The van der Waals surface area contributed by atoms with Gasteiger partial charge in [0, 0.05) is 12.1 Å². The minimum atomic E-state index is 0.300. The predicted octanol–water partition coefficient (Wildman–Crippen LogP) is 2.13. The van der Waals surface area contributed by atoms with Gasteiger partial charge in [-0.05, 0) is 19.9 Å². The van der Waals surface area contributed by atoms with Crippen molar-refractivity contribution >= 4 is 0 Å². The molecule has 1 aromatic rings. The molecule has 16 heavy (non-hydrogen) atoms. The first kappa shape index (κ1) is 11.4. The molecule has 1 heterocycles. The molecule has 0 spiro atoms. The van der Waals surface area contributed by atoms with Crippen LogP contribution in [0, 0.1) is 0 Å². The summed E-state index contributed by atoms with van der Waals surface area (Å²) in [5, 5.41) is 3.44. The Morgan fingerprint density at radius 3 is 3.06 bits per heavy atom. The maximum atomic E-state index is 5.59. The third-order valence-corrected chi connectivity index (χ3v) is 2.64. The fourth-order valence-electron chi connectivity index (χ4n) is 1.86. The van der Waals surface area contributed by atoms with Gasteiger partial charge >= 0.3 is 0 Å². The molecule has 1 atom stereocenters. The summed E-state index contributed by atoms with van der Waals surface area (Å²) in [7, 11) is 0. The average molecular weight is 221 g/mol. The van der Waals surface area contributed by atoms with Crippen LogP contribution in [0.3, 0.4) is 0 Å². The summed E-state index contributed by atoms with van der Waals surface area (Å²) in [6.07, 6.45) is 0.300. The quantitative estimate of drug-likeness (QED) is 0.773. The number of fused-ring (bicyclic) bond motifs is 1. The molecule has 1 unspecified atom stereocenters. The van der Waals surface area contributed by atoms with Crippen LogP contribution in [0.4, 0.5) is 0 Å². The van der Waals surface area contributed by atoms with Gasteiger partial charge in [-0.3, -0.25) is 0 Å². The highest BCUT2D eigenvalue weighted by Crippen LogP contribution is 2.31. The van der Waals surface area contributed by atoms with Crippen molar-refractivity contribution in [3.63, 3.8) is 0 Å². The third-order valence-electron chi connectivity index (χ3n) is 2.64. The summed E-state index contributed by atoms with van der Waals surface area (Å²) < 4.78 is 11.1. The number of ether oxygens (including phenoxy) is 2. The summed E-state index contributed by atoms with van der Waals surface area (Å²) in [6, 6.07) is 8.49. The number of para-hydroxylation sites is 1. The van der Waals surface area contributed by atoms with Gasteiger partial charge in [0.2, 0.25) is 0 Å². The van der Waals surface area contributed by atoms with E-state index in [1.54, 1.807) is 0 Å². The Balaban J connectivity index is 1.80. The molecule has 0 aromatic heterocycles. The zero-order valence-electron chi connectivity index (χ0n) is 9.90. The van der Waals surface area contributed by atoms with Gasteiger partial charge in [0.1, 0.15) is 12.4 Å². The fourth-order valence-corrected chi connectivity index (χ4v) is 1.86. The van der Waals surface area contributed by atoms with Gasteiger partial charge in [0.25, 0.3) is 0 Å². The van der Waals surface area contributed by atoms with Crippen LogP contribution in [0.5, 0.6) is 5.75 Å². The Hall–Kier alpha value is -1.06. The highest BCUT2D eigenvalue weighted by Gasteiger charge is 2.22. The van der Waals surface area contributed by atoms with Crippen LogP contribution in [0.15, 0.2) is 24.3 Å². The molecule has 0 amide bonds. The molecule has 3 nitrogen and oxygen atoms in total. The van der Waals surface area contributed by atoms with Crippen molar-refractivity contribution in [1.82, 2.24) is 5.32 Å². The predicted molar refractivity (Wildman–Crippen MR) is 63.8 cm³/mol. The van der Waals surface area contributed by atoms with E-state index in [4.69, 9.17) is 9.47 Å². The SMILES string of the molecule is CC(C)OCCNC1COc2ccccc21. The smallest absolute Gasteiger partial charge is 0.124 e. The van der Waals surface area contributed by atoms with E-state index in [2.05, 4.69) is 11.4 Å². The lowest BCUT2D eigenvalue weighted by molar-refractivity contribution is 0.0788. The average Bonchev–Trinajstić information content (AvgIpc) is 2.68. The molecule has 0 saturated carbocycles. The minimum absolute atomic E-state index is 0.300. The van der Waals surface area contributed by atoms with Crippen molar-refractivity contribution in [2.24, 2.45) is 0 Å². The van der Waals surface area contributed by atoms with E-state index in [9.17, 15) is 0 Å². The van der Waals surface area contributed by atoms with Gasteiger partial charge in [-0.2, -0.15) is 0 Å². The van der Waals surface area contributed by atoms with E-state index in [1.165, 1.54) is 5.56 Å². The Morgan fingerprint density at radius 2 is 2.25 bits per heavy atom. The summed E-state index contributed by atoms with van der Waals surface area (Å²) in [5.41, 5.74) is 1.26. The van der Waals surface area contributed by atoms with Crippen LogP contribution < -0.4 is 10.1 Å². The highest BCUT2D eigenvalue weighted by molar-refractivity contribution is 5.39. The Labute approximate surface area is 96.8 Å². The Bertz CT molecular complexity index is 338. The van der Waals surface area contributed by atoms with Gasteiger partial charge in [-0.15, -0.1) is 0 Å². The van der Waals surface area contributed by atoms with Gasteiger partial charge in [0.05, 0.1) is 18.8 Å². The van der Waals surface area contributed by atoms with Crippen molar-refractivity contribution in [2.45, 2.75) is 26.0 Å². The zero-order valence-corrected chi connectivity index (χ0v) is 9.90. The summed E-state index contributed by atoms with van der Waals surface area (Å²) in [6.45, 7) is 6.43. The molecule has 2 rings (SSSR count). The van der Waals surface area contributed by atoms with E-state index >= 15 is 0 Å². The van der Waals surface area contributed by atoms with Gasteiger partial charge < -0.3 is 14.8 Å². The monoisotopic (exact) mass is 221 g/mol. The third kappa shape index (κ3) is 2.74. The molecule has 0 fully saturated rings. The number of nitrogens with one attached hydrogen (secondary N) is 1. The van der Waals surface area contributed by atoms with Gasteiger partial charge in [-0.25, -0.2) is 0 Å². The first-order valence-electron chi connectivity index (χ1n) is 5.84. The molecule has 0 saturated heterocycles. The van der Waals surface area contributed by atoms with Crippen LogP contribution in [-0.2, 0) is 4.74 Å². The van der Waals surface area contributed by atoms with E-state index in [0.717, 1.165) is 25.5 Å². The fraction of sp³-hybridized carbons (Fsp3) is 0.538. The zero-order chi connectivity index (χ0) is 11.4. The van der Waals surface area contributed by atoms with Crippen LogP contribution >= 0.6 is 0 Å². The standard InChI is InChI=1S/C13H19NO2/c1-10(2)15-8-7-14-12-9-16-13-6-4-3-5-11(12)13/h3-6,10,12,14H,7-9H2,1-2H3. The topological polar surface area (TPSA) is 30.5 Å². The van der Waals surface area contributed by atoms with E-state index in [-0.39, 0.29) is 0 Å². The van der Waals surface area contributed by atoms with Crippen LogP contribution in [0.25, 0.3) is 0 Å². The van der Waals surface area contributed by atoms with Crippen LogP contribution in [0.1, 0.15) is 25.5 Å². The van der Waals surface area contributed by atoms with Crippen molar-refractivity contribution < 1.29 is 9.47 Å². The molecule has 88 valence electrons. The molecular formula is C13H19NO2. The second-order valence-corrected chi connectivity index (χ2v) is 4.28. The molecule has 0 aliphatic carbocycles. The Morgan fingerprint density at radius 1 is 1.44 bits per heavy atom. The normalized spacial score (nSPS) is 18.6. The molecule has 0 bridgehead atoms. The molecule has 3 heteroatoms. The molecule has 1 aromatic carbocycles. The number of hydrogen-bond donors (Lipinski definition) is 1. The lowest BCUT2D eigenvalue weighted by atomic mass is 10.1. The number of benzene rings is 1. The minimum Gasteiger partial charge on any atom is -0.491 e. The van der Waals surface area contributed by atoms with E-state index < -0.39 is 0 Å². The number of rotatable bonds is 5. The van der Waals surface area contributed by atoms with Crippen molar-refractivity contribution in [3.05, 3.63) is 29.8 Å². The van der Waals surface area contributed by atoms with Crippen LogP contribution in [-0.4, -0.2) is 25.9 Å². The molecule has 0 radical (unpaired) electrons. The van der Waals surface area contributed by atoms with E-state index in [0.29, 0.717) is 12.1 Å². The molecule has 1 aliphatic heterocycles. The van der Waals surface area contributed by atoms with E-state index in [1.807, 2.05) is 32.0 Å². The highest BCUT2D eigenvalue weighted by atomic mass is 16.5. The Kier molecular flexibility index (Phi) is 3.80. The summed E-state index contributed by atoms with van der Waals surface area (Å²) in [4.78, 5) is 0. The van der Waals surface area contributed by atoms with Gasteiger partial charge in [-0.1, -0.05) is 18.2 Å². The lowest BCUT2D eigenvalue weighted by Crippen LogP contribution is -2.27. The first-order valence-corrected chi connectivity index (χ1v) is 5.84. The lowest BCUT2D eigenvalue weighted by Gasteiger charge is -2.12. The first-order chi connectivity index (χ1) is 7.77. The molecule has 1 N–H and O–H groups in total. The van der Waals surface area contributed by atoms with Gasteiger partial charge in [0.15, 0.2) is 0 Å². The van der Waals surface area contributed by atoms with Crippen molar-refractivity contribution in [2.75, 3.05) is 19.8 Å². The second kappa shape index (κ2) is 5.32. The molecule has 1 aliphatic rings.